The van der Waals surface area contributed by atoms with Crippen LogP contribution in [0.3, 0.4) is 0 Å². The van der Waals surface area contributed by atoms with Crippen molar-refractivity contribution in [3.05, 3.63) is 109 Å². The summed E-state index contributed by atoms with van der Waals surface area (Å²) in [5, 5.41) is 0. The van der Waals surface area contributed by atoms with Crippen molar-refractivity contribution in [3.8, 4) is 5.75 Å². The molecule has 28 heavy (non-hydrogen) atoms. The summed E-state index contributed by atoms with van der Waals surface area (Å²) in [6.45, 7) is 0.591. The number of hydrogen-bond donors (Lipinski definition) is 0. The van der Waals surface area contributed by atoms with Gasteiger partial charge in [0.1, 0.15) is 23.3 Å². The first-order chi connectivity index (χ1) is 13.9. The highest BCUT2D eigenvalue weighted by atomic mass is 32.2. The molecule has 136 valence electrons. The van der Waals surface area contributed by atoms with Crippen LogP contribution in [0, 0.1) is 0 Å². The lowest BCUT2D eigenvalue weighted by molar-refractivity contribution is 0.306. The van der Waals surface area contributed by atoms with E-state index in [9.17, 15) is 0 Å². The Kier molecular flexibility index (Phi) is 4.86. The van der Waals surface area contributed by atoms with E-state index in [1.807, 2.05) is 30.0 Å². The SMILES string of the molecule is c1ccc(COc2ccc([S+]3c4ccccc4Sc4ccccc43)cc2)cc1. The Morgan fingerprint density at radius 1 is 0.607 bits per heavy atom. The van der Waals surface area contributed by atoms with Crippen molar-refractivity contribution >= 4 is 22.7 Å². The van der Waals surface area contributed by atoms with E-state index in [4.69, 9.17) is 4.74 Å². The van der Waals surface area contributed by atoms with Gasteiger partial charge in [0.2, 0.25) is 0 Å². The van der Waals surface area contributed by atoms with Crippen LogP contribution in [0.25, 0.3) is 0 Å². The minimum atomic E-state index is -0.0825. The summed E-state index contributed by atoms with van der Waals surface area (Å²) in [5.41, 5.74) is 1.18. The molecule has 0 spiro atoms. The van der Waals surface area contributed by atoms with Gasteiger partial charge in [-0.3, -0.25) is 0 Å². The molecule has 0 aromatic heterocycles. The molecule has 0 bridgehead atoms. The number of benzene rings is 4. The van der Waals surface area contributed by atoms with Crippen LogP contribution in [0.1, 0.15) is 5.56 Å². The average molecular weight is 400 g/mol. The minimum absolute atomic E-state index is 0.0825. The number of ether oxygens (including phenoxy) is 1. The fraction of sp³-hybridized carbons (Fsp3) is 0.0400. The van der Waals surface area contributed by atoms with Gasteiger partial charge in [0, 0.05) is 0 Å². The Morgan fingerprint density at radius 2 is 1.18 bits per heavy atom. The zero-order valence-electron chi connectivity index (χ0n) is 15.2. The van der Waals surface area contributed by atoms with Crippen molar-refractivity contribution in [3.63, 3.8) is 0 Å². The molecule has 0 N–H and O–H groups in total. The van der Waals surface area contributed by atoms with Crippen LogP contribution in [0.5, 0.6) is 5.75 Å². The van der Waals surface area contributed by atoms with Crippen molar-refractivity contribution in [1.82, 2.24) is 0 Å². The van der Waals surface area contributed by atoms with Gasteiger partial charge in [-0.15, -0.1) is 0 Å². The van der Waals surface area contributed by atoms with Crippen molar-refractivity contribution in [2.24, 2.45) is 0 Å². The molecular formula is C25H19OS2+. The fourth-order valence-corrected chi connectivity index (χ4v) is 7.05. The highest BCUT2D eigenvalue weighted by molar-refractivity contribution is 8.04. The lowest BCUT2D eigenvalue weighted by Gasteiger charge is -2.18. The van der Waals surface area contributed by atoms with Crippen molar-refractivity contribution in [1.29, 1.82) is 0 Å². The van der Waals surface area contributed by atoms with Gasteiger partial charge in [0.25, 0.3) is 0 Å². The zero-order valence-corrected chi connectivity index (χ0v) is 16.9. The summed E-state index contributed by atoms with van der Waals surface area (Å²) >= 11 is 1.87. The van der Waals surface area contributed by atoms with E-state index < -0.39 is 0 Å². The van der Waals surface area contributed by atoms with Crippen LogP contribution < -0.4 is 4.74 Å². The molecule has 0 fully saturated rings. The van der Waals surface area contributed by atoms with Crippen LogP contribution in [0.2, 0.25) is 0 Å². The van der Waals surface area contributed by atoms with Crippen LogP contribution in [-0.4, -0.2) is 0 Å². The average Bonchev–Trinajstić information content (AvgIpc) is 2.77. The molecule has 4 aromatic rings. The number of fused-ring (bicyclic) bond motifs is 2. The van der Waals surface area contributed by atoms with E-state index in [0.717, 1.165) is 5.75 Å². The van der Waals surface area contributed by atoms with E-state index >= 15 is 0 Å². The topological polar surface area (TPSA) is 9.23 Å². The Balaban J connectivity index is 1.45. The van der Waals surface area contributed by atoms with E-state index in [-0.39, 0.29) is 10.9 Å². The summed E-state index contributed by atoms with van der Waals surface area (Å²) in [7, 11) is -0.0825. The molecule has 1 heterocycles. The largest absolute Gasteiger partial charge is 0.489 e. The highest BCUT2D eigenvalue weighted by Gasteiger charge is 2.37. The van der Waals surface area contributed by atoms with Crippen LogP contribution in [0.15, 0.2) is 128 Å². The molecule has 0 saturated carbocycles. The third-order valence-electron chi connectivity index (χ3n) is 4.67. The summed E-state index contributed by atoms with van der Waals surface area (Å²) in [6.07, 6.45) is 0. The Labute approximate surface area is 172 Å². The summed E-state index contributed by atoms with van der Waals surface area (Å²) in [6, 6.07) is 36.4. The third kappa shape index (κ3) is 3.44. The molecule has 0 aliphatic carbocycles. The molecule has 0 unspecified atom stereocenters. The third-order valence-corrected chi connectivity index (χ3v) is 8.41. The summed E-state index contributed by atoms with van der Waals surface area (Å²) in [5.74, 6) is 0.907. The first-order valence-corrected chi connectivity index (χ1v) is 11.3. The second-order valence-electron chi connectivity index (χ2n) is 6.55. The van der Waals surface area contributed by atoms with Gasteiger partial charge in [-0.05, 0) is 54.1 Å². The number of hydrogen-bond acceptors (Lipinski definition) is 2. The Bertz CT molecular complexity index is 1050. The minimum Gasteiger partial charge on any atom is -0.489 e. The predicted molar refractivity (Wildman–Crippen MR) is 116 cm³/mol. The molecular weight excluding hydrogens is 380 g/mol. The van der Waals surface area contributed by atoms with Gasteiger partial charge < -0.3 is 4.74 Å². The molecule has 4 aromatic carbocycles. The highest BCUT2D eigenvalue weighted by Crippen LogP contribution is 2.48. The first-order valence-electron chi connectivity index (χ1n) is 9.25. The molecule has 3 heteroatoms. The maximum Gasteiger partial charge on any atom is 0.180 e. The summed E-state index contributed by atoms with van der Waals surface area (Å²) in [4.78, 5) is 6.85. The van der Waals surface area contributed by atoms with E-state index in [2.05, 4.69) is 84.9 Å². The monoisotopic (exact) mass is 399 g/mol. The van der Waals surface area contributed by atoms with Crippen LogP contribution >= 0.6 is 11.8 Å². The molecule has 5 rings (SSSR count). The smallest absolute Gasteiger partial charge is 0.180 e. The second kappa shape index (κ2) is 7.78. The van der Waals surface area contributed by atoms with Gasteiger partial charge >= 0.3 is 0 Å². The van der Waals surface area contributed by atoms with Gasteiger partial charge in [0.05, 0.1) is 9.79 Å². The van der Waals surface area contributed by atoms with Crippen LogP contribution in [-0.2, 0) is 17.5 Å². The fourth-order valence-electron chi connectivity index (χ4n) is 3.31. The Morgan fingerprint density at radius 3 is 1.82 bits per heavy atom. The molecule has 0 amide bonds. The maximum atomic E-state index is 5.97. The standard InChI is InChI=1S/C25H19OS2/c1-2-8-19(9-3-1)18-26-20-14-16-21(17-15-20)28-24-12-6-4-10-22(24)27-23-11-5-7-13-25(23)28/h1-17H,18H2/q+1. The van der Waals surface area contributed by atoms with Gasteiger partial charge in [-0.2, -0.15) is 0 Å². The quantitative estimate of drug-likeness (QED) is 0.306. The van der Waals surface area contributed by atoms with E-state index in [1.54, 1.807) is 0 Å². The lowest BCUT2D eigenvalue weighted by Crippen LogP contribution is -2.10. The van der Waals surface area contributed by atoms with Crippen molar-refractivity contribution in [2.45, 2.75) is 31.1 Å². The molecule has 1 aliphatic heterocycles. The first kappa shape index (κ1) is 17.5. The van der Waals surface area contributed by atoms with E-state index in [1.165, 1.54) is 30.0 Å². The molecule has 1 nitrogen and oxygen atoms in total. The van der Waals surface area contributed by atoms with Crippen LogP contribution in [0.4, 0.5) is 0 Å². The number of rotatable bonds is 4. The Hall–Kier alpha value is -2.62. The second-order valence-corrected chi connectivity index (χ2v) is 9.59. The molecule has 0 radical (unpaired) electrons. The lowest BCUT2D eigenvalue weighted by atomic mass is 10.2. The van der Waals surface area contributed by atoms with Gasteiger partial charge in [-0.25, -0.2) is 0 Å². The van der Waals surface area contributed by atoms with Gasteiger partial charge in [-0.1, -0.05) is 66.4 Å². The molecule has 1 aliphatic rings. The van der Waals surface area contributed by atoms with Gasteiger partial charge in [0.15, 0.2) is 14.7 Å². The zero-order chi connectivity index (χ0) is 18.8. The molecule has 0 atom stereocenters. The normalized spacial score (nSPS) is 12.9. The maximum absolute atomic E-state index is 5.97. The predicted octanol–water partition coefficient (Wildman–Crippen LogP) is 6.83. The van der Waals surface area contributed by atoms with Crippen molar-refractivity contribution in [2.75, 3.05) is 0 Å². The van der Waals surface area contributed by atoms with Crippen molar-refractivity contribution < 1.29 is 4.74 Å². The summed E-state index contributed by atoms with van der Waals surface area (Å²) < 4.78 is 5.97. The molecule has 0 saturated heterocycles. The van der Waals surface area contributed by atoms with E-state index in [0.29, 0.717) is 6.61 Å².